The Morgan fingerprint density at radius 3 is 2.87 bits per heavy atom. The molecule has 3 saturated carbocycles. The molecular weight excluding hydrogens is 186 g/mol. The van der Waals surface area contributed by atoms with Crippen LogP contribution in [0.3, 0.4) is 0 Å². The summed E-state index contributed by atoms with van der Waals surface area (Å²) in [5, 5.41) is 0. The molecule has 0 aromatic heterocycles. The molecule has 0 aromatic rings. The number of epoxide rings is 1. The van der Waals surface area contributed by atoms with Crippen LogP contribution in [0.15, 0.2) is 0 Å². The van der Waals surface area contributed by atoms with Gasteiger partial charge in [-0.1, -0.05) is 19.3 Å². The van der Waals surface area contributed by atoms with Crippen LogP contribution in [0.5, 0.6) is 0 Å². The summed E-state index contributed by atoms with van der Waals surface area (Å²) in [6.07, 6.45) is 11.1. The molecule has 4 aliphatic rings. The molecule has 0 amide bonds. The molecular formula is C13H22NO+. The van der Waals surface area contributed by atoms with E-state index < -0.39 is 0 Å². The van der Waals surface area contributed by atoms with E-state index in [0.29, 0.717) is 17.2 Å². The first-order chi connectivity index (χ1) is 7.28. The van der Waals surface area contributed by atoms with E-state index in [2.05, 4.69) is 5.73 Å². The third-order valence-corrected chi connectivity index (χ3v) is 5.89. The van der Waals surface area contributed by atoms with Crippen molar-refractivity contribution in [1.29, 1.82) is 0 Å². The van der Waals surface area contributed by atoms with E-state index in [1.54, 1.807) is 0 Å². The summed E-state index contributed by atoms with van der Waals surface area (Å²) in [5.41, 5.74) is 5.15. The maximum absolute atomic E-state index is 6.36. The fourth-order valence-corrected chi connectivity index (χ4v) is 5.19. The second kappa shape index (κ2) is 2.60. The highest BCUT2D eigenvalue weighted by Gasteiger charge is 2.78. The maximum Gasteiger partial charge on any atom is 0.106 e. The first-order valence-electron chi connectivity index (χ1n) is 6.81. The minimum atomic E-state index is 0.328. The third-order valence-electron chi connectivity index (χ3n) is 5.89. The maximum atomic E-state index is 6.36. The average molecular weight is 208 g/mol. The molecule has 2 bridgehead atoms. The quantitative estimate of drug-likeness (QED) is 0.602. The van der Waals surface area contributed by atoms with Gasteiger partial charge < -0.3 is 10.5 Å². The normalized spacial score (nSPS) is 61.8. The molecule has 0 unspecified atom stereocenters. The van der Waals surface area contributed by atoms with Crippen LogP contribution < -0.4 is 5.73 Å². The average Bonchev–Trinajstić information content (AvgIpc) is 2.88. The second-order valence-corrected chi connectivity index (χ2v) is 6.36. The molecule has 1 saturated heterocycles. The van der Waals surface area contributed by atoms with Gasteiger partial charge in [0.2, 0.25) is 0 Å². The van der Waals surface area contributed by atoms with E-state index in [-0.39, 0.29) is 0 Å². The minimum absolute atomic E-state index is 0.328. The zero-order valence-corrected chi connectivity index (χ0v) is 9.50. The highest BCUT2D eigenvalue weighted by atomic mass is 16.6. The SMILES string of the molecule is [NH3+][C@H]1[C@@H]2CCC[C@H]1[C@]13CCCC[C@@]1(C2)O3. The van der Waals surface area contributed by atoms with E-state index in [9.17, 15) is 0 Å². The van der Waals surface area contributed by atoms with Crippen LogP contribution >= 0.6 is 0 Å². The van der Waals surface area contributed by atoms with Crippen LogP contribution in [-0.2, 0) is 4.74 Å². The van der Waals surface area contributed by atoms with E-state index in [1.807, 2.05) is 0 Å². The van der Waals surface area contributed by atoms with Crippen molar-refractivity contribution in [3.05, 3.63) is 0 Å². The molecule has 0 radical (unpaired) electrons. The van der Waals surface area contributed by atoms with Crippen molar-refractivity contribution in [3.63, 3.8) is 0 Å². The third kappa shape index (κ3) is 0.898. The molecule has 15 heavy (non-hydrogen) atoms. The highest BCUT2D eigenvalue weighted by molar-refractivity contribution is 5.25. The van der Waals surface area contributed by atoms with Crippen molar-refractivity contribution in [3.8, 4) is 0 Å². The Balaban J connectivity index is 1.74. The molecule has 3 N–H and O–H groups in total. The summed E-state index contributed by atoms with van der Waals surface area (Å²) in [4.78, 5) is 0. The predicted octanol–water partition coefficient (Wildman–Crippen LogP) is 1.50. The molecule has 0 spiro atoms. The smallest absolute Gasteiger partial charge is 0.106 e. The number of hydrogen-bond donors (Lipinski definition) is 1. The fraction of sp³-hybridized carbons (Fsp3) is 1.00. The summed E-state index contributed by atoms with van der Waals surface area (Å²) in [5.74, 6) is 1.70. The molecule has 2 heteroatoms. The zero-order chi connectivity index (χ0) is 10.1. The minimum Gasteiger partial charge on any atom is -0.362 e. The molecule has 3 aliphatic carbocycles. The van der Waals surface area contributed by atoms with Crippen molar-refractivity contribution in [1.82, 2.24) is 0 Å². The van der Waals surface area contributed by atoms with Gasteiger partial charge >= 0.3 is 0 Å². The highest BCUT2D eigenvalue weighted by Crippen LogP contribution is 2.69. The standard InChI is InChI=1S/C13H21NO/c14-11-9-4-3-5-10(11)13-7-2-1-6-12(13,8-9)15-13/h9-11H,1-8,14H2/p+1/t9-,10-,11+,12+,13-/m1/s1. The molecule has 1 aliphatic heterocycles. The second-order valence-electron chi connectivity index (χ2n) is 6.36. The molecule has 1 heterocycles. The number of rotatable bonds is 0. The lowest BCUT2D eigenvalue weighted by molar-refractivity contribution is -0.458. The summed E-state index contributed by atoms with van der Waals surface area (Å²) < 4.78 is 6.36. The van der Waals surface area contributed by atoms with Crippen molar-refractivity contribution in [2.75, 3.05) is 0 Å². The zero-order valence-electron chi connectivity index (χ0n) is 9.50. The van der Waals surface area contributed by atoms with Gasteiger partial charge in [-0.25, -0.2) is 0 Å². The summed E-state index contributed by atoms with van der Waals surface area (Å²) in [7, 11) is 0. The number of fused-ring (bicyclic) bond motifs is 2. The Morgan fingerprint density at radius 1 is 1.07 bits per heavy atom. The van der Waals surface area contributed by atoms with Gasteiger partial charge in [0.15, 0.2) is 0 Å². The number of hydrogen-bond acceptors (Lipinski definition) is 1. The first kappa shape index (κ1) is 9.00. The Kier molecular flexibility index (Phi) is 1.56. The van der Waals surface area contributed by atoms with E-state index in [4.69, 9.17) is 4.74 Å². The van der Waals surface area contributed by atoms with Gasteiger partial charge in [-0.2, -0.15) is 0 Å². The molecule has 5 atom stereocenters. The lowest BCUT2D eigenvalue weighted by atomic mass is 9.56. The lowest BCUT2D eigenvalue weighted by Crippen LogP contribution is -2.73. The fourth-order valence-electron chi connectivity index (χ4n) is 5.19. The van der Waals surface area contributed by atoms with Crippen LogP contribution in [0.4, 0.5) is 0 Å². The van der Waals surface area contributed by atoms with Crippen LogP contribution in [0.25, 0.3) is 0 Å². The lowest BCUT2D eigenvalue weighted by Gasteiger charge is -2.45. The Bertz CT molecular complexity index is 305. The number of ether oxygens (including phenoxy) is 1. The first-order valence-corrected chi connectivity index (χ1v) is 6.81. The van der Waals surface area contributed by atoms with Gasteiger partial charge in [-0.05, 0) is 32.1 Å². The molecule has 4 rings (SSSR count). The van der Waals surface area contributed by atoms with E-state index in [1.165, 1.54) is 51.4 Å². The number of quaternary nitrogens is 1. The Labute approximate surface area is 91.5 Å². The van der Waals surface area contributed by atoms with E-state index >= 15 is 0 Å². The summed E-state index contributed by atoms with van der Waals surface area (Å²) >= 11 is 0. The Hall–Kier alpha value is -0.0800. The Morgan fingerprint density at radius 2 is 1.93 bits per heavy atom. The van der Waals surface area contributed by atoms with Crippen molar-refractivity contribution < 1.29 is 10.5 Å². The monoisotopic (exact) mass is 208 g/mol. The van der Waals surface area contributed by atoms with Crippen LogP contribution in [-0.4, -0.2) is 17.2 Å². The van der Waals surface area contributed by atoms with Gasteiger partial charge in [0.1, 0.15) is 5.60 Å². The van der Waals surface area contributed by atoms with Crippen LogP contribution in [0.2, 0.25) is 0 Å². The summed E-state index contributed by atoms with van der Waals surface area (Å²) in [6, 6.07) is 0.701. The molecule has 84 valence electrons. The largest absolute Gasteiger partial charge is 0.362 e. The van der Waals surface area contributed by atoms with Gasteiger partial charge in [0.05, 0.1) is 11.6 Å². The van der Waals surface area contributed by atoms with Gasteiger partial charge in [0, 0.05) is 11.8 Å². The van der Waals surface area contributed by atoms with Crippen molar-refractivity contribution in [2.45, 2.75) is 68.6 Å². The van der Waals surface area contributed by atoms with Gasteiger partial charge in [-0.15, -0.1) is 0 Å². The molecule has 0 aromatic carbocycles. The topological polar surface area (TPSA) is 40.2 Å². The predicted molar refractivity (Wildman–Crippen MR) is 57.1 cm³/mol. The van der Waals surface area contributed by atoms with Gasteiger partial charge in [-0.3, -0.25) is 0 Å². The van der Waals surface area contributed by atoms with E-state index in [0.717, 1.165) is 11.8 Å². The molecule has 4 fully saturated rings. The van der Waals surface area contributed by atoms with Gasteiger partial charge in [0.25, 0.3) is 0 Å². The van der Waals surface area contributed by atoms with Crippen molar-refractivity contribution >= 4 is 0 Å². The van der Waals surface area contributed by atoms with Crippen LogP contribution in [0, 0.1) is 11.8 Å². The molecule has 2 nitrogen and oxygen atoms in total. The van der Waals surface area contributed by atoms with Crippen molar-refractivity contribution in [2.24, 2.45) is 11.8 Å². The van der Waals surface area contributed by atoms with Crippen LogP contribution in [0.1, 0.15) is 51.4 Å². The summed E-state index contributed by atoms with van der Waals surface area (Å²) in [6.45, 7) is 0.